The summed E-state index contributed by atoms with van der Waals surface area (Å²) in [7, 11) is 0. The van der Waals surface area contributed by atoms with E-state index in [9.17, 15) is 14.4 Å². The standard InChI is InChI=1S/C60H116O6/c1-4-7-10-13-16-19-22-25-26-27-28-29-30-31-32-33-34-36-38-41-44-47-50-53-59(62)65-56-57(55-64-58(61)52-49-46-43-40-37-24-21-18-15-12-9-6-3)66-60(63)54-51-48-45-42-39-35-23-20-17-14-11-8-5-2/h57H,4-56H2,1-3H3. The van der Waals surface area contributed by atoms with Gasteiger partial charge in [0, 0.05) is 19.3 Å². The Morgan fingerprint density at radius 3 is 0.606 bits per heavy atom. The van der Waals surface area contributed by atoms with Gasteiger partial charge in [-0.3, -0.25) is 14.4 Å². The summed E-state index contributed by atoms with van der Waals surface area (Å²) < 4.78 is 16.9. The molecule has 0 bridgehead atoms. The van der Waals surface area contributed by atoms with E-state index < -0.39 is 6.10 Å². The van der Waals surface area contributed by atoms with Crippen LogP contribution >= 0.6 is 0 Å². The van der Waals surface area contributed by atoms with E-state index in [2.05, 4.69) is 20.8 Å². The molecule has 392 valence electrons. The summed E-state index contributed by atoms with van der Waals surface area (Å²) in [4.78, 5) is 38.1. The normalized spacial score (nSPS) is 11.9. The lowest BCUT2D eigenvalue weighted by Gasteiger charge is -2.18. The number of carbonyl (C=O) groups excluding carboxylic acids is 3. The Labute approximate surface area is 412 Å². The average Bonchev–Trinajstić information content (AvgIpc) is 3.31. The zero-order chi connectivity index (χ0) is 47.9. The van der Waals surface area contributed by atoms with Crippen molar-refractivity contribution in [1.82, 2.24) is 0 Å². The Morgan fingerprint density at radius 1 is 0.242 bits per heavy atom. The Bertz CT molecular complexity index is 982. The van der Waals surface area contributed by atoms with Crippen molar-refractivity contribution < 1.29 is 28.6 Å². The van der Waals surface area contributed by atoms with Gasteiger partial charge in [0.25, 0.3) is 0 Å². The molecule has 0 aromatic carbocycles. The molecule has 1 unspecified atom stereocenters. The lowest BCUT2D eigenvalue weighted by atomic mass is 10.0. The minimum Gasteiger partial charge on any atom is -0.462 e. The second kappa shape index (κ2) is 56.0. The van der Waals surface area contributed by atoms with Crippen molar-refractivity contribution in [3.05, 3.63) is 0 Å². The summed E-state index contributed by atoms with van der Waals surface area (Å²) in [6, 6.07) is 0. The van der Waals surface area contributed by atoms with Gasteiger partial charge in [-0.05, 0) is 19.3 Å². The lowest BCUT2D eigenvalue weighted by Crippen LogP contribution is -2.30. The quantitative estimate of drug-likeness (QED) is 0.0343. The second-order valence-electron chi connectivity index (χ2n) is 20.6. The third kappa shape index (κ3) is 53.4. The number of hydrogen-bond acceptors (Lipinski definition) is 6. The molecule has 0 aromatic heterocycles. The van der Waals surface area contributed by atoms with Crippen molar-refractivity contribution >= 4 is 17.9 Å². The molecule has 0 rings (SSSR count). The summed E-state index contributed by atoms with van der Waals surface area (Å²) in [6.07, 6.45) is 62.5. The largest absolute Gasteiger partial charge is 0.462 e. The first-order valence-electron chi connectivity index (χ1n) is 30.0. The first kappa shape index (κ1) is 64.4. The Balaban J connectivity index is 4.17. The Kier molecular flexibility index (Phi) is 54.7. The molecule has 0 fully saturated rings. The van der Waals surface area contributed by atoms with Crippen LogP contribution in [0.4, 0.5) is 0 Å². The third-order valence-corrected chi connectivity index (χ3v) is 13.9. The minimum absolute atomic E-state index is 0.0611. The van der Waals surface area contributed by atoms with Crippen molar-refractivity contribution in [2.75, 3.05) is 13.2 Å². The third-order valence-electron chi connectivity index (χ3n) is 13.9. The van der Waals surface area contributed by atoms with E-state index >= 15 is 0 Å². The topological polar surface area (TPSA) is 78.9 Å². The summed E-state index contributed by atoms with van der Waals surface area (Å²) in [5.41, 5.74) is 0. The van der Waals surface area contributed by atoms with E-state index in [1.54, 1.807) is 0 Å². The molecule has 0 radical (unpaired) electrons. The summed E-state index contributed by atoms with van der Waals surface area (Å²) in [6.45, 7) is 6.70. The first-order valence-corrected chi connectivity index (χ1v) is 30.0. The van der Waals surface area contributed by atoms with Gasteiger partial charge in [0.05, 0.1) is 0 Å². The molecule has 0 saturated heterocycles. The SMILES string of the molecule is CCCCCCCCCCCCCCCCCCCCCCCCCC(=O)OCC(COC(=O)CCCCCCCCCCCCCC)OC(=O)CCCCCCCCCCCCCCC. The number of rotatable bonds is 56. The van der Waals surface area contributed by atoms with Gasteiger partial charge < -0.3 is 14.2 Å². The van der Waals surface area contributed by atoms with Gasteiger partial charge in [0.15, 0.2) is 6.10 Å². The highest BCUT2D eigenvalue weighted by Crippen LogP contribution is 2.18. The predicted molar refractivity (Wildman–Crippen MR) is 284 cm³/mol. The second-order valence-corrected chi connectivity index (χ2v) is 20.6. The minimum atomic E-state index is -0.760. The zero-order valence-electron chi connectivity index (χ0n) is 45.0. The van der Waals surface area contributed by atoms with Crippen molar-refractivity contribution in [2.24, 2.45) is 0 Å². The summed E-state index contributed by atoms with van der Waals surface area (Å²) in [5, 5.41) is 0. The molecule has 6 heteroatoms. The number of unbranched alkanes of at least 4 members (excludes halogenated alkanes) is 45. The molecule has 0 saturated carbocycles. The van der Waals surface area contributed by atoms with Crippen molar-refractivity contribution in [3.8, 4) is 0 Å². The molecule has 0 aliphatic heterocycles. The van der Waals surface area contributed by atoms with Crippen molar-refractivity contribution in [3.63, 3.8) is 0 Å². The lowest BCUT2D eigenvalue weighted by molar-refractivity contribution is -0.167. The fourth-order valence-corrected chi connectivity index (χ4v) is 9.33. The number of esters is 3. The maximum atomic E-state index is 12.8. The molecule has 66 heavy (non-hydrogen) atoms. The van der Waals surface area contributed by atoms with Crippen LogP contribution in [-0.2, 0) is 28.6 Å². The fourth-order valence-electron chi connectivity index (χ4n) is 9.33. The highest BCUT2D eigenvalue weighted by molar-refractivity contribution is 5.71. The molecule has 0 N–H and O–H groups in total. The van der Waals surface area contributed by atoms with Crippen LogP contribution in [-0.4, -0.2) is 37.2 Å². The van der Waals surface area contributed by atoms with Gasteiger partial charge >= 0.3 is 17.9 Å². The fraction of sp³-hybridized carbons (Fsp3) is 0.950. The molecule has 0 spiro atoms. The van der Waals surface area contributed by atoms with E-state index in [4.69, 9.17) is 14.2 Å². The highest BCUT2D eigenvalue weighted by atomic mass is 16.6. The number of ether oxygens (including phenoxy) is 3. The molecule has 0 amide bonds. The van der Waals surface area contributed by atoms with Crippen molar-refractivity contribution in [2.45, 2.75) is 354 Å². The van der Waals surface area contributed by atoms with Gasteiger partial charge in [-0.15, -0.1) is 0 Å². The van der Waals surface area contributed by atoms with E-state index in [1.165, 1.54) is 250 Å². The van der Waals surface area contributed by atoms with Gasteiger partial charge in [0.2, 0.25) is 0 Å². The molecule has 0 heterocycles. The van der Waals surface area contributed by atoms with Crippen LogP contribution in [0.15, 0.2) is 0 Å². The number of hydrogen-bond donors (Lipinski definition) is 0. The average molecular weight is 934 g/mol. The monoisotopic (exact) mass is 933 g/mol. The maximum Gasteiger partial charge on any atom is 0.306 e. The van der Waals surface area contributed by atoms with E-state index in [0.717, 1.165) is 57.8 Å². The zero-order valence-corrected chi connectivity index (χ0v) is 45.0. The van der Waals surface area contributed by atoms with Crippen LogP contribution in [0.2, 0.25) is 0 Å². The molecule has 0 aliphatic carbocycles. The van der Waals surface area contributed by atoms with Gasteiger partial charge in [-0.25, -0.2) is 0 Å². The maximum absolute atomic E-state index is 12.8. The Morgan fingerprint density at radius 2 is 0.409 bits per heavy atom. The number of carbonyl (C=O) groups is 3. The molecule has 0 aromatic rings. The van der Waals surface area contributed by atoms with Gasteiger partial charge in [-0.1, -0.05) is 310 Å². The molecular formula is C60H116O6. The van der Waals surface area contributed by atoms with Crippen LogP contribution in [0.3, 0.4) is 0 Å². The van der Waals surface area contributed by atoms with Crippen LogP contribution in [0.25, 0.3) is 0 Å². The first-order chi connectivity index (χ1) is 32.5. The van der Waals surface area contributed by atoms with Gasteiger partial charge in [-0.2, -0.15) is 0 Å². The summed E-state index contributed by atoms with van der Waals surface area (Å²) in [5.74, 6) is -0.833. The summed E-state index contributed by atoms with van der Waals surface area (Å²) >= 11 is 0. The van der Waals surface area contributed by atoms with E-state index in [0.29, 0.717) is 19.3 Å². The van der Waals surface area contributed by atoms with Crippen LogP contribution in [0.5, 0.6) is 0 Å². The predicted octanol–water partition coefficient (Wildman–Crippen LogP) is 19.9. The van der Waals surface area contributed by atoms with Crippen LogP contribution in [0.1, 0.15) is 348 Å². The molecular weight excluding hydrogens is 817 g/mol. The van der Waals surface area contributed by atoms with Gasteiger partial charge in [0.1, 0.15) is 13.2 Å². The Hall–Kier alpha value is -1.59. The molecule has 1 atom stereocenters. The smallest absolute Gasteiger partial charge is 0.306 e. The molecule has 6 nitrogen and oxygen atoms in total. The highest BCUT2D eigenvalue weighted by Gasteiger charge is 2.19. The molecule has 0 aliphatic rings. The van der Waals surface area contributed by atoms with E-state index in [1.807, 2.05) is 0 Å². The van der Waals surface area contributed by atoms with Crippen LogP contribution < -0.4 is 0 Å². The van der Waals surface area contributed by atoms with E-state index in [-0.39, 0.29) is 31.1 Å². The van der Waals surface area contributed by atoms with Crippen LogP contribution in [0, 0.1) is 0 Å². The van der Waals surface area contributed by atoms with Crippen molar-refractivity contribution in [1.29, 1.82) is 0 Å².